The molecule has 1 saturated heterocycles. The first-order chi connectivity index (χ1) is 42.4. The maximum absolute atomic E-state index is 14.4. The molecule has 4 atom stereocenters. The van der Waals surface area contributed by atoms with E-state index in [9.17, 15) is 43.2 Å². The molecule has 0 bridgehead atoms. The number of hydrogen-bond acceptors (Lipinski definition) is 12. The smallest absolute Gasteiger partial charge is 0.415 e. The fourth-order valence-electron chi connectivity index (χ4n) is 11.8. The van der Waals surface area contributed by atoms with Gasteiger partial charge in [-0.2, -0.15) is 0 Å². The highest BCUT2D eigenvalue weighted by Gasteiger charge is 2.38. The summed E-state index contributed by atoms with van der Waals surface area (Å²) in [6.07, 6.45) is 4.57. The molecule has 466 valence electrons. The van der Waals surface area contributed by atoms with Gasteiger partial charge in [-0.05, 0) is 84.7 Å². The van der Waals surface area contributed by atoms with Crippen LogP contribution in [0.25, 0.3) is 21.5 Å². The van der Waals surface area contributed by atoms with E-state index in [-0.39, 0.29) is 111 Å². The number of urea groups is 1. The van der Waals surface area contributed by atoms with Crippen LogP contribution in [0, 0.1) is 5.92 Å². The number of likely N-dealkylation sites (N-methyl/N-ethyl adjacent to an activating group) is 1. The fourth-order valence-corrected chi connectivity index (χ4v) is 12.4. The quantitative estimate of drug-likeness (QED) is 0.0200. The molecule has 9 rings (SSSR count). The van der Waals surface area contributed by atoms with Crippen molar-refractivity contribution in [2.75, 3.05) is 86.3 Å². The van der Waals surface area contributed by atoms with Crippen molar-refractivity contribution in [1.29, 1.82) is 0 Å². The summed E-state index contributed by atoms with van der Waals surface area (Å²) in [7, 11) is 2.02. The molecule has 3 unspecified atom stereocenters. The minimum absolute atomic E-state index is 0.0873. The van der Waals surface area contributed by atoms with Crippen LogP contribution in [-0.2, 0) is 40.2 Å². The number of nitrogens with zero attached hydrogens (tertiary/aromatic N) is 5. The number of primary amides is 1. The van der Waals surface area contributed by atoms with Gasteiger partial charge in [-0.15, -0.1) is 23.2 Å². The molecule has 0 aliphatic carbocycles. The standard InChI is InChI=1S/C65H76Cl2N10O11/c1-40(2)61(72-54(78)18-5-4-10-28-75-57(81)25-26-58(75)82)63(84)71-49(17-12-27-69-64(68)85)62(83)70-44-23-21-41(22-24-44)39-87-52-33-50-59(47-15-8-6-13-45(47)52)42(35-66)37-76(50)55(79)19-11-20-56(80)77-38-43(36-67)60-48-16-9-7-14-46(48)53(34-51(60)77)88-65(86)74-31-29-73(3)30-32-74/h6-9,13-16,21-26,33-34,40,42-43,49,61H,4-5,10-12,17-20,27-32,35-39H2,1-3H3,(H,70,83)(H,71,84)(H,72,78)(H3,68,69,85)/t42-,43?,49?,61?/m1/s1. The zero-order valence-electron chi connectivity index (χ0n) is 49.8. The van der Waals surface area contributed by atoms with E-state index >= 15 is 0 Å². The molecule has 6 N–H and O–H groups in total. The maximum atomic E-state index is 14.4. The Balaban J connectivity index is 0.819. The van der Waals surface area contributed by atoms with Crippen molar-refractivity contribution in [3.05, 3.63) is 114 Å². The topological polar surface area (TPSA) is 262 Å². The molecule has 21 nitrogen and oxygen atoms in total. The molecule has 5 aromatic carbocycles. The monoisotopic (exact) mass is 1240 g/mol. The molecule has 1 fully saturated rings. The predicted molar refractivity (Wildman–Crippen MR) is 338 cm³/mol. The van der Waals surface area contributed by atoms with Gasteiger partial charge in [-0.1, -0.05) is 80.9 Å². The van der Waals surface area contributed by atoms with Crippen LogP contribution in [0.2, 0.25) is 0 Å². The molecule has 0 aromatic heterocycles. The average Bonchev–Trinajstić information content (AvgIpc) is 1.80. The van der Waals surface area contributed by atoms with E-state index in [4.69, 9.17) is 38.4 Å². The summed E-state index contributed by atoms with van der Waals surface area (Å²) < 4.78 is 12.6. The molecule has 0 radical (unpaired) electrons. The van der Waals surface area contributed by atoms with Gasteiger partial charge in [0, 0.05) is 136 Å². The second-order valence-corrected chi connectivity index (χ2v) is 23.8. The van der Waals surface area contributed by atoms with Gasteiger partial charge in [-0.25, -0.2) is 9.59 Å². The van der Waals surface area contributed by atoms with E-state index in [0.29, 0.717) is 80.4 Å². The number of amides is 10. The number of carbonyl (C=O) groups is 9. The molecular formula is C65H76Cl2N10O11. The molecule has 0 spiro atoms. The van der Waals surface area contributed by atoms with Crippen LogP contribution in [0.1, 0.15) is 100 Å². The molecule has 4 heterocycles. The molecule has 23 heteroatoms. The number of hydrogen-bond donors (Lipinski definition) is 5. The summed E-state index contributed by atoms with van der Waals surface area (Å²) in [4.78, 5) is 126. The van der Waals surface area contributed by atoms with E-state index in [2.05, 4.69) is 26.2 Å². The summed E-state index contributed by atoms with van der Waals surface area (Å²) >= 11 is 13.2. The Morgan fingerprint density at radius 3 is 1.80 bits per heavy atom. The first-order valence-electron chi connectivity index (χ1n) is 30.1. The third-order valence-corrected chi connectivity index (χ3v) is 17.4. The molecular weight excluding hydrogens is 1170 g/mol. The van der Waals surface area contributed by atoms with Crippen LogP contribution < -0.4 is 46.3 Å². The van der Waals surface area contributed by atoms with E-state index in [0.717, 1.165) is 56.2 Å². The van der Waals surface area contributed by atoms with Crippen molar-refractivity contribution in [3.8, 4) is 11.5 Å². The summed E-state index contributed by atoms with van der Waals surface area (Å²) in [6, 6.07) is 23.4. The highest BCUT2D eigenvalue weighted by molar-refractivity contribution is 6.20. The number of carbonyl (C=O) groups excluding carboxylic acids is 9. The Morgan fingerprint density at radius 1 is 0.659 bits per heavy atom. The first kappa shape index (κ1) is 64.2. The number of nitrogens with two attached hydrogens (primary N) is 1. The number of benzene rings is 5. The lowest BCUT2D eigenvalue weighted by molar-refractivity contribution is -0.137. The zero-order valence-corrected chi connectivity index (χ0v) is 51.3. The highest BCUT2D eigenvalue weighted by atomic mass is 35.5. The minimum atomic E-state index is -1.06. The summed E-state index contributed by atoms with van der Waals surface area (Å²) in [5, 5.41) is 14.4. The summed E-state index contributed by atoms with van der Waals surface area (Å²) in [6.45, 7) is 7.35. The van der Waals surface area contributed by atoms with E-state index in [1.54, 1.807) is 58.9 Å². The number of unbranched alkanes of at least 4 members (excludes halogenated alkanes) is 2. The fraction of sp³-hybridized carbons (Fsp3) is 0.431. The molecule has 10 amide bonds. The molecule has 88 heavy (non-hydrogen) atoms. The number of nitrogens with one attached hydrogen (secondary N) is 4. The van der Waals surface area contributed by atoms with Crippen LogP contribution in [0.15, 0.2) is 97.1 Å². The predicted octanol–water partition coefficient (Wildman–Crippen LogP) is 8.02. The van der Waals surface area contributed by atoms with E-state index < -0.39 is 36.0 Å². The maximum Gasteiger partial charge on any atom is 0.415 e. The number of imide groups is 1. The Bertz CT molecular complexity index is 3460. The van der Waals surface area contributed by atoms with Gasteiger partial charge in [0.1, 0.15) is 30.2 Å². The number of rotatable bonds is 26. The van der Waals surface area contributed by atoms with E-state index in [1.807, 2.05) is 61.6 Å². The Kier molecular flexibility index (Phi) is 21.6. The number of ether oxygens (including phenoxy) is 2. The van der Waals surface area contributed by atoms with Crippen LogP contribution in [0.5, 0.6) is 11.5 Å². The van der Waals surface area contributed by atoms with Crippen LogP contribution in [-0.4, -0.2) is 151 Å². The Hall–Kier alpha value is -8.27. The summed E-state index contributed by atoms with van der Waals surface area (Å²) in [5.41, 5.74) is 9.67. The Morgan fingerprint density at radius 2 is 1.23 bits per heavy atom. The van der Waals surface area contributed by atoms with Crippen molar-refractivity contribution in [2.24, 2.45) is 11.7 Å². The minimum Gasteiger partial charge on any atom is -0.488 e. The molecule has 4 aliphatic heterocycles. The number of anilines is 3. The third-order valence-electron chi connectivity index (χ3n) is 16.6. The second-order valence-electron chi connectivity index (χ2n) is 23.2. The van der Waals surface area contributed by atoms with Gasteiger partial charge in [0.25, 0.3) is 11.8 Å². The van der Waals surface area contributed by atoms with Crippen molar-refractivity contribution in [2.45, 2.75) is 102 Å². The van der Waals surface area contributed by atoms with Crippen LogP contribution in [0.4, 0.5) is 26.7 Å². The van der Waals surface area contributed by atoms with Gasteiger partial charge in [-0.3, -0.25) is 38.5 Å². The van der Waals surface area contributed by atoms with Gasteiger partial charge >= 0.3 is 12.1 Å². The molecule has 4 aliphatic rings. The number of piperazine rings is 1. The third kappa shape index (κ3) is 15.3. The van der Waals surface area contributed by atoms with Gasteiger partial charge < -0.3 is 56.1 Å². The highest BCUT2D eigenvalue weighted by Crippen LogP contribution is 2.48. The molecule has 5 aromatic rings. The average molecular weight is 1240 g/mol. The zero-order chi connectivity index (χ0) is 62.6. The normalized spacial score (nSPS) is 17.1. The lowest BCUT2D eigenvalue weighted by atomic mass is 9.95. The second kappa shape index (κ2) is 29.6. The lowest BCUT2D eigenvalue weighted by Crippen LogP contribution is -2.54. The van der Waals surface area contributed by atoms with Crippen molar-refractivity contribution in [3.63, 3.8) is 0 Å². The van der Waals surface area contributed by atoms with E-state index in [1.165, 1.54) is 12.2 Å². The SMILES string of the molecule is CC(C)C(NC(=O)CCCCCN1C(=O)C=CC1=O)C(=O)NC(CCCNC(N)=O)C(=O)Nc1ccc(COc2cc3c(c4ccccc24)[C@H](CCl)CN3C(=O)CCCC(=O)N2CC(CCl)c3c2cc(OC(=O)N2CCN(C)CC2)c2ccccc32)cc1. The van der Waals surface area contributed by atoms with Crippen molar-refractivity contribution >= 4 is 115 Å². The first-order valence-corrected chi connectivity index (χ1v) is 31.2. The van der Waals surface area contributed by atoms with Crippen molar-refractivity contribution < 1.29 is 52.6 Å². The summed E-state index contributed by atoms with van der Waals surface area (Å²) in [5.74, 6) is -1.69. The van der Waals surface area contributed by atoms with Gasteiger partial charge in [0.05, 0.1) is 11.4 Å². The van der Waals surface area contributed by atoms with Crippen LogP contribution in [0.3, 0.4) is 0 Å². The van der Waals surface area contributed by atoms with Crippen LogP contribution >= 0.6 is 23.2 Å². The lowest BCUT2D eigenvalue weighted by Gasteiger charge is -2.31. The van der Waals surface area contributed by atoms with Crippen molar-refractivity contribution in [1.82, 2.24) is 30.7 Å². The number of fused-ring (bicyclic) bond motifs is 6. The number of alkyl halides is 2. The molecule has 0 saturated carbocycles. The van der Waals surface area contributed by atoms with Gasteiger partial charge in [0.15, 0.2) is 0 Å². The Labute approximate surface area is 521 Å². The van der Waals surface area contributed by atoms with Gasteiger partial charge in [0.2, 0.25) is 29.5 Å². The largest absolute Gasteiger partial charge is 0.488 e. The number of halogens is 2.